The van der Waals surface area contributed by atoms with Gasteiger partial charge in [-0.3, -0.25) is 0 Å². The first-order valence-corrected chi connectivity index (χ1v) is 16.3. The molecule has 0 spiro atoms. The number of nitrogens with zero attached hydrogens (tertiary/aromatic N) is 3. The number of aromatic nitrogens is 4. The Morgan fingerprint density at radius 3 is 2.63 bits per heavy atom. The van der Waals surface area contributed by atoms with E-state index in [0.717, 1.165) is 95.4 Å². The van der Waals surface area contributed by atoms with Crippen LogP contribution >= 0.6 is 0 Å². The molecule has 0 radical (unpaired) electrons. The second kappa shape index (κ2) is 16.1. The molecule has 1 aliphatic carbocycles. The van der Waals surface area contributed by atoms with Gasteiger partial charge in [-0.2, -0.15) is 5.21 Å². The Kier molecular flexibility index (Phi) is 12.0. The van der Waals surface area contributed by atoms with Crippen LogP contribution in [0, 0.1) is 17.3 Å². The quantitative estimate of drug-likeness (QED) is 0.196. The highest BCUT2D eigenvalue weighted by Crippen LogP contribution is 2.40. The molecule has 43 heavy (non-hydrogen) atoms. The number of hydrogen-bond donors (Lipinski definition) is 2. The lowest BCUT2D eigenvalue weighted by molar-refractivity contribution is -0.197. The molecule has 1 saturated carbocycles. The van der Waals surface area contributed by atoms with E-state index in [4.69, 9.17) is 23.4 Å². The third-order valence-corrected chi connectivity index (χ3v) is 9.02. The summed E-state index contributed by atoms with van der Waals surface area (Å²) in [6.45, 7) is 5.90. The SMILES string of the molecule is CC(C)(Cc1ccco1)C(/C=C/C1C(OC2CCCCO2)CC(O)C1C/C=C\CCCc1nn[nH]n1)OC1CCCCO1. The lowest BCUT2D eigenvalue weighted by atomic mass is 9.80. The van der Waals surface area contributed by atoms with Crippen molar-refractivity contribution in [1.29, 1.82) is 0 Å². The molecule has 0 aromatic carbocycles. The van der Waals surface area contributed by atoms with Crippen LogP contribution in [0.2, 0.25) is 0 Å². The van der Waals surface area contributed by atoms with Gasteiger partial charge in [0.05, 0.1) is 24.6 Å². The van der Waals surface area contributed by atoms with E-state index >= 15 is 0 Å². The maximum Gasteiger partial charge on any atom is 0.174 e. The molecule has 0 bridgehead atoms. The Hall–Kier alpha value is -2.37. The van der Waals surface area contributed by atoms with Gasteiger partial charge in [0.25, 0.3) is 0 Å². The molecule has 5 rings (SSSR count). The highest BCUT2D eigenvalue weighted by atomic mass is 16.7. The van der Waals surface area contributed by atoms with Crippen molar-refractivity contribution in [2.45, 2.75) is 122 Å². The lowest BCUT2D eigenvalue weighted by Gasteiger charge is -2.36. The number of hydrogen-bond acceptors (Lipinski definition) is 9. The third kappa shape index (κ3) is 9.56. The Morgan fingerprint density at radius 2 is 1.93 bits per heavy atom. The summed E-state index contributed by atoms with van der Waals surface area (Å²) in [6, 6.07) is 3.95. The molecule has 7 unspecified atom stereocenters. The number of nitrogens with one attached hydrogen (secondary N) is 1. The van der Waals surface area contributed by atoms with E-state index in [-0.39, 0.29) is 42.0 Å². The van der Waals surface area contributed by atoms with E-state index in [2.05, 4.69) is 58.8 Å². The average molecular weight is 599 g/mol. The van der Waals surface area contributed by atoms with E-state index in [1.165, 1.54) is 0 Å². The topological polar surface area (TPSA) is 125 Å². The summed E-state index contributed by atoms with van der Waals surface area (Å²) in [5.74, 6) is 1.74. The fourth-order valence-corrected chi connectivity index (χ4v) is 6.54. The summed E-state index contributed by atoms with van der Waals surface area (Å²) in [6.07, 6.45) is 20.3. The van der Waals surface area contributed by atoms with E-state index in [1.807, 2.05) is 12.1 Å². The fourth-order valence-electron chi connectivity index (χ4n) is 6.54. The van der Waals surface area contributed by atoms with Crippen LogP contribution in [0.3, 0.4) is 0 Å². The molecule has 2 aromatic rings. The molecule has 238 valence electrons. The fraction of sp³-hybridized carbons (Fsp3) is 0.727. The minimum absolute atomic E-state index is 0.0299. The number of allylic oxidation sites excluding steroid dienone is 2. The number of rotatable bonds is 15. The second-order valence-electron chi connectivity index (χ2n) is 12.9. The smallest absolute Gasteiger partial charge is 0.174 e. The zero-order chi connectivity index (χ0) is 29.9. The Balaban J connectivity index is 1.29. The van der Waals surface area contributed by atoms with Gasteiger partial charge in [-0.05, 0) is 75.8 Å². The number of H-pyrrole nitrogens is 1. The lowest BCUT2D eigenvalue weighted by Crippen LogP contribution is -2.38. The second-order valence-corrected chi connectivity index (χ2v) is 12.9. The van der Waals surface area contributed by atoms with Crippen molar-refractivity contribution in [3.63, 3.8) is 0 Å². The standard InChI is InChI=1S/C33H50N4O6/c1-33(2,23-24-12-11-21-39-24)29(43-32-16-8-10-20-41-32)18-17-26-25(13-5-3-4-6-14-30-34-36-37-35-30)27(38)22-28(26)42-31-15-7-9-19-40-31/h3,5,11-12,17-18,21,25-29,31-32,38H,4,6-10,13-16,19-20,22-23H2,1-2H3,(H,34,35,36,37)/b5-3-,18-17+. The van der Waals surface area contributed by atoms with Crippen LogP contribution in [-0.2, 0) is 31.8 Å². The van der Waals surface area contributed by atoms with Crippen molar-refractivity contribution < 1.29 is 28.5 Å². The number of aliphatic hydroxyl groups excluding tert-OH is 1. The monoisotopic (exact) mass is 598 g/mol. The number of furan rings is 1. The summed E-state index contributed by atoms with van der Waals surface area (Å²) < 4.78 is 30.9. The molecular weight excluding hydrogens is 548 g/mol. The van der Waals surface area contributed by atoms with E-state index in [1.54, 1.807) is 6.26 Å². The summed E-state index contributed by atoms with van der Waals surface area (Å²) in [7, 11) is 0. The van der Waals surface area contributed by atoms with Crippen molar-refractivity contribution in [3.05, 3.63) is 54.3 Å². The average Bonchev–Trinajstić information content (AvgIpc) is 3.77. The predicted molar refractivity (Wildman–Crippen MR) is 161 cm³/mol. The van der Waals surface area contributed by atoms with Gasteiger partial charge in [0.1, 0.15) is 5.76 Å². The Labute approximate surface area is 255 Å². The number of aryl methyl sites for hydroxylation is 1. The summed E-state index contributed by atoms with van der Waals surface area (Å²) in [5.41, 5.74) is -0.247. The minimum atomic E-state index is -0.454. The molecule has 4 heterocycles. The van der Waals surface area contributed by atoms with Gasteiger partial charge in [-0.15, -0.1) is 10.2 Å². The van der Waals surface area contributed by atoms with Crippen LogP contribution in [0.1, 0.15) is 89.6 Å². The summed E-state index contributed by atoms with van der Waals surface area (Å²) in [5, 5.41) is 25.4. The molecule has 2 aliphatic heterocycles. The Morgan fingerprint density at radius 1 is 1.12 bits per heavy atom. The van der Waals surface area contributed by atoms with E-state index in [0.29, 0.717) is 6.42 Å². The number of aliphatic hydroxyl groups is 1. The molecule has 10 heteroatoms. The number of tetrazole rings is 1. The number of aromatic amines is 1. The zero-order valence-corrected chi connectivity index (χ0v) is 25.8. The first kappa shape index (κ1) is 32.0. The van der Waals surface area contributed by atoms with Gasteiger partial charge < -0.3 is 28.5 Å². The normalized spacial score (nSPS) is 29.6. The van der Waals surface area contributed by atoms with Crippen LogP contribution in [0.25, 0.3) is 0 Å². The molecule has 2 saturated heterocycles. The van der Waals surface area contributed by atoms with Gasteiger partial charge in [0.15, 0.2) is 18.4 Å². The maximum absolute atomic E-state index is 11.3. The van der Waals surface area contributed by atoms with Gasteiger partial charge in [0.2, 0.25) is 0 Å². The zero-order valence-electron chi connectivity index (χ0n) is 25.8. The largest absolute Gasteiger partial charge is 0.469 e. The highest BCUT2D eigenvalue weighted by molar-refractivity contribution is 5.11. The predicted octanol–water partition coefficient (Wildman–Crippen LogP) is 5.71. The molecule has 2 N–H and O–H groups in total. The molecule has 3 aliphatic rings. The number of ether oxygens (including phenoxy) is 4. The maximum atomic E-state index is 11.3. The molecule has 10 nitrogen and oxygen atoms in total. The van der Waals surface area contributed by atoms with Gasteiger partial charge in [-0.1, -0.05) is 43.4 Å². The van der Waals surface area contributed by atoms with Gasteiger partial charge in [-0.25, -0.2) is 0 Å². The van der Waals surface area contributed by atoms with Gasteiger partial charge in [0, 0.05) is 43.8 Å². The molecule has 7 atom stereocenters. The third-order valence-electron chi connectivity index (χ3n) is 9.02. The molecule has 3 fully saturated rings. The van der Waals surface area contributed by atoms with Crippen molar-refractivity contribution in [3.8, 4) is 0 Å². The van der Waals surface area contributed by atoms with Crippen LogP contribution in [0.15, 0.2) is 47.1 Å². The van der Waals surface area contributed by atoms with Crippen molar-refractivity contribution >= 4 is 0 Å². The summed E-state index contributed by atoms with van der Waals surface area (Å²) >= 11 is 0. The van der Waals surface area contributed by atoms with Crippen LogP contribution in [0.5, 0.6) is 0 Å². The van der Waals surface area contributed by atoms with Crippen LogP contribution in [-0.4, -0.2) is 69.8 Å². The van der Waals surface area contributed by atoms with E-state index in [9.17, 15) is 5.11 Å². The Bertz CT molecular complexity index is 1090. The van der Waals surface area contributed by atoms with Crippen molar-refractivity contribution in [2.24, 2.45) is 17.3 Å². The first-order valence-electron chi connectivity index (χ1n) is 16.3. The minimum Gasteiger partial charge on any atom is -0.469 e. The highest BCUT2D eigenvalue weighted by Gasteiger charge is 2.43. The molecule has 2 aromatic heterocycles. The molecule has 0 amide bonds. The molecular formula is C33H50N4O6. The van der Waals surface area contributed by atoms with Gasteiger partial charge >= 0.3 is 0 Å². The number of unbranched alkanes of at least 4 members (excludes halogenated alkanes) is 1. The summed E-state index contributed by atoms with van der Waals surface area (Å²) in [4.78, 5) is 0. The van der Waals surface area contributed by atoms with Crippen molar-refractivity contribution in [2.75, 3.05) is 13.2 Å². The first-order chi connectivity index (χ1) is 21.0. The van der Waals surface area contributed by atoms with Crippen LogP contribution < -0.4 is 0 Å². The van der Waals surface area contributed by atoms with Crippen LogP contribution in [0.4, 0.5) is 0 Å². The van der Waals surface area contributed by atoms with E-state index < -0.39 is 6.10 Å². The van der Waals surface area contributed by atoms with Crippen molar-refractivity contribution in [1.82, 2.24) is 20.6 Å².